The summed E-state index contributed by atoms with van der Waals surface area (Å²) in [6, 6.07) is 30.2. The van der Waals surface area contributed by atoms with Crippen LogP contribution in [0, 0.1) is 0 Å². The lowest BCUT2D eigenvalue weighted by Gasteiger charge is -2.37. The third-order valence-corrected chi connectivity index (χ3v) is 5.61. The van der Waals surface area contributed by atoms with Gasteiger partial charge in [0, 0.05) is 16.2 Å². The second kappa shape index (κ2) is 8.38. The van der Waals surface area contributed by atoms with Crippen LogP contribution in [0.2, 0.25) is 10.0 Å². The minimum Gasteiger partial charge on any atom is -0.379 e. The molecule has 29 heavy (non-hydrogen) atoms. The van der Waals surface area contributed by atoms with E-state index < -0.39 is 11.5 Å². The van der Waals surface area contributed by atoms with Gasteiger partial charge in [-0.05, 0) is 53.1 Å². The van der Waals surface area contributed by atoms with Gasteiger partial charge in [0.25, 0.3) is 0 Å². The maximum Gasteiger partial charge on any atom is 0.127 e. The normalized spacial score (nSPS) is 12.5. The minimum atomic E-state index is -1.38. The third kappa shape index (κ3) is 3.92. The molecule has 4 aromatic rings. The van der Waals surface area contributed by atoms with E-state index in [1.165, 1.54) is 0 Å². The Morgan fingerprint density at radius 2 is 1.17 bits per heavy atom. The van der Waals surface area contributed by atoms with Gasteiger partial charge in [0.15, 0.2) is 0 Å². The molecule has 0 aliphatic heterocycles. The van der Waals surface area contributed by atoms with E-state index in [2.05, 4.69) is 4.98 Å². The Labute approximate surface area is 180 Å². The van der Waals surface area contributed by atoms with Crippen LogP contribution < -0.4 is 0 Å². The van der Waals surface area contributed by atoms with E-state index in [9.17, 15) is 5.11 Å². The average molecular weight is 420 g/mol. The van der Waals surface area contributed by atoms with Gasteiger partial charge >= 0.3 is 0 Å². The van der Waals surface area contributed by atoms with E-state index >= 15 is 0 Å². The lowest BCUT2D eigenvalue weighted by atomic mass is 9.71. The number of benzene rings is 3. The first-order valence-corrected chi connectivity index (χ1v) is 10.0. The Bertz CT molecular complexity index is 980. The summed E-state index contributed by atoms with van der Waals surface area (Å²) in [5.41, 5.74) is 1.79. The molecule has 0 saturated heterocycles. The predicted octanol–water partition coefficient (Wildman–Crippen LogP) is 6.46. The lowest BCUT2D eigenvalue weighted by Crippen LogP contribution is -2.36. The molecule has 2 nitrogen and oxygen atoms in total. The first-order valence-electron chi connectivity index (χ1n) is 9.29. The van der Waals surface area contributed by atoms with Gasteiger partial charge in [-0.3, -0.25) is 4.98 Å². The van der Waals surface area contributed by atoms with E-state index in [0.29, 0.717) is 10.0 Å². The maximum atomic E-state index is 12.4. The summed E-state index contributed by atoms with van der Waals surface area (Å²) >= 11 is 12.3. The van der Waals surface area contributed by atoms with Crippen LogP contribution in [0.25, 0.3) is 0 Å². The molecule has 144 valence electrons. The van der Waals surface area contributed by atoms with E-state index in [4.69, 9.17) is 23.2 Å². The van der Waals surface area contributed by atoms with Crippen molar-refractivity contribution in [3.63, 3.8) is 0 Å². The summed E-state index contributed by atoms with van der Waals surface area (Å²) in [7, 11) is 0. The molecule has 0 radical (unpaired) electrons. The van der Waals surface area contributed by atoms with Crippen LogP contribution in [0.4, 0.5) is 0 Å². The number of hydrogen-bond acceptors (Lipinski definition) is 2. The van der Waals surface area contributed by atoms with Crippen molar-refractivity contribution in [3.8, 4) is 0 Å². The summed E-state index contributed by atoms with van der Waals surface area (Å²) in [4.78, 5) is 4.60. The van der Waals surface area contributed by atoms with Crippen molar-refractivity contribution in [2.24, 2.45) is 0 Å². The predicted molar refractivity (Wildman–Crippen MR) is 118 cm³/mol. The highest BCUT2D eigenvalue weighted by molar-refractivity contribution is 6.30. The Balaban J connectivity index is 2.01. The number of hydrogen-bond donors (Lipinski definition) is 1. The fourth-order valence-corrected chi connectivity index (χ4v) is 3.98. The van der Waals surface area contributed by atoms with Crippen LogP contribution in [0.3, 0.4) is 0 Å². The van der Waals surface area contributed by atoms with E-state index in [1.54, 1.807) is 30.5 Å². The largest absolute Gasteiger partial charge is 0.379 e. The first kappa shape index (κ1) is 19.7. The SMILES string of the molecule is OC(c1ccc(Cl)cc1)(c1ccc(Cl)cc1)C(c1ccccc1)c1ccccn1. The topological polar surface area (TPSA) is 33.1 Å². The highest BCUT2D eigenvalue weighted by Gasteiger charge is 2.43. The number of aromatic nitrogens is 1. The Morgan fingerprint density at radius 3 is 1.66 bits per heavy atom. The molecule has 3 aromatic carbocycles. The molecule has 1 unspecified atom stereocenters. The fourth-order valence-electron chi connectivity index (χ4n) is 3.73. The summed E-state index contributed by atoms with van der Waals surface area (Å²) in [6.45, 7) is 0. The van der Waals surface area contributed by atoms with Crippen molar-refractivity contribution in [1.29, 1.82) is 0 Å². The molecular weight excluding hydrogens is 401 g/mol. The first-order chi connectivity index (χ1) is 14.1. The second-order valence-electron chi connectivity index (χ2n) is 6.88. The summed E-state index contributed by atoms with van der Waals surface area (Å²) in [6.07, 6.45) is 1.75. The van der Waals surface area contributed by atoms with Gasteiger partial charge in [-0.25, -0.2) is 0 Å². The van der Waals surface area contributed by atoms with E-state index in [-0.39, 0.29) is 0 Å². The van der Waals surface area contributed by atoms with Crippen molar-refractivity contribution < 1.29 is 5.11 Å². The van der Waals surface area contributed by atoms with Crippen molar-refractivity contribution in [1.82, 2.24) is 4.98 Å². The molecule has 0 fully saturated rings. The number of pyridine rings is 1. The molecule has 0 saturated carbocycles. The highest BCUT2D eigenvalue weighted by atomic mass is 35.5. The van der Waals surface area contributed by atoms with Crippen molar-refractivity contribution >= 4 is 23.2 Å². The van der Waals surface area contributed by atoms with Gasteiger partial charge in [-0.2, -0.15) is 0 Å². The Morgan fingerprint density at radius 1 is 0.655 bits per heavy atom. The molecule has 0 bridgehead atoms. The third-order valence-electron chi connectivity index (χ3n) is 5.10. The molecule has 0 aliphatic rings. The lowest BCUT2D eigenvalue weighted by molar-refractivity contribution is 0.0612. The van der Waals surface area contributed by atoms with Crippen LogP contribution >= 0.6 is 23.2 Å². The smallest absolute Gasteiger partial charge is 0.127 e. The monoisotopic (exact) mass is 419 g/mol. The van der Waals surface area contributed by atoms with Crippen LogP contribution in [-0.2, 0) is 5.60 Å². The minimum absolute atomic E-state index is 0.438. The fraction of sp³-hybridized carbons (Fsp3) is 0.0800. The highest BCUT2D eigenvalue weighted by Crippen LogP contribution is 2.46. The van der Waals surface area contributed by atoms with Gasteiger partial charge in [0.1, 0.15) is 5.60 Å². The van der Waals surface area contributed by atoms with Gasteiger partial charge in [0.2, 0.25) is 0 Å². The van der Waals surface area contributed by atoms with Crippen molar-refractivity contribution in [3.05, 3.63) is 136 Å². The Hall–Kier alpha value is -2.65. The number of halogens is 2. The molecule has 1 atom stereocenters. The van der Waals surface area contributed by atoms with Gasteiger partial charge < -0.3 is 5.11 Å². The zero-order valence-electron chi connectivity index (χ0n) is 15.5. The zero-order chi connectivity index (χ0) is 20.3. The number of nitrogens with zero attached hydrogens (tertiary/aromatic N) is 1. The zero-order valence-corrected chi connectivity index (χ0v) is 17.1. The summed E-state index contributed by atoms with van der Waals surface area (Å²) < 4.78 is 0. The molecule has 0 aliphatic carbocycles. The summed E-state index contributed by atoms with van der Waals surface area (Å²) in [5.74, 6) is -0.438. The van der Waals surface area contributed by atoms with Crippen LogP contribution in [0.1, 0.15) is 28.3 Å². The van der Waals surface area contributed by atoms with Crippen LogP contribution in [-0.4, -0.2) is 10.1 Å². The van der Waals surface area contributed by atoms with Crippen LogP contribution in [0.5, 0.6) is 0 Å². The number of aliphatic hydroxyl groups is 1. The van der Waals surface area contributed by atoms with Gasteiger partial charge in [0.05, 0.1) is 11.6 Å². The van der Waals surface area contributed by atoms with E-state index in [0.717, 1.165) is 22.4 Å². The molecule has 0 amide bonds. The molecular formula is C25H19Cl2NO. The molecule has 1 aromatic heterocycles. The molecule has 1 heterocycles. The van der Waals surface area contributed by atoms with Crippen molar-refractivity contribution in [2.45, 2.75) is 11.5 Å². The molecule has 1 N–H and O–H groups in total. The standard InChI is InChI=1S/C25H19Cl2NO/c26-21-13-9-19(10-14-21)25(29,20-11-15-22(27)16-12-20)24(18-6-2-1-3-7-18)23-8-4-5-17-28-23/h1-17,24,29H. The number of rotatable bonds is 5. The van der Waals surface area contributed by atoms with Gasteiger partial charge in [-0.1, -0.05) is 83.9 Å². The molecule has 4 heteroatoms. The molecule has 4 rings (SSSR count). The maximum absolute atomic E-state index is 12.4. The van der Waals surface area contributed by atoms with Crippen LogP contribution in [0.15, 0.2) is 103 Å². The Kier molecular flexibility index (Phi) is 5.68. The summed E-state index contributed by atoms with van der Waals surface area (Å²) in [5, 5.41) is 13.6. The van der Waals surface area contributed by atoms with E-state index in [1.807, 2.05) is 72.8 Å². The average Bonchev–Trinajstić information content (AvgIpc) is 2.76. The quantitative estimate of drug-likeness (QED) is 0.402. The van der Waals surface area contributed by atoms with Gasteiger partial charge in [-0.15, -0.1) is 0 Å². The molecule has 0 spiro atoms. The second-order valence-corrected chi connectivity index (χ2v) is 7.75. The van der Waals surface area contributed by atoms with Crippen molar-refractivity contribution in [2.75, 3.05) is 0 Å².